The number of hydrogen-bond acceptors (Lipinski definition) is 1. The van der Waals surface area contributed by atoms with Gasteiger partial charge in [-0.1, -0.05) is 23.7 Å². The van der Waals surface area contributed by atoms with Crippen molar-refractivity contribution in [1.82, 2.24) is 0 Å². The molecule has 0 saturated heterocycles. The van der Waals surface area contributed by atoms with Crippen molar-refractivity contribution in [3.05, 3.63) is 53.1 Å². The Balaban J connectivity index is 2.55. The first-order valence-corrected chi connectivity index (χ1v) is 5.48. The van der Waals surface area contributed by atoms with Crippen molar-refractivity contribution >= 4 is 17.3 Å². The van der Waals surface area contributed by atoms with Gasteiger partial charge in [-0.25, -0.2) is 0 Å². The van der Waals surface area contributed by atoms with Crippen molar-refractivity contribution in [1.29, 1.82) is 0 Å². The molecule has 0 aliphatic carbocycles. The summed E-state index contributed by atoms with van der Waals surface area (Å²) in [4.78, 5) is 0. The number of nitrogen functional groups attached to an aromatic ring is 1. The van der Waals surface area contributed by atoms with E-state index in [1.54, 1.807) is 24.3 Å². The molecule has 2 N–H and O–H groups in total. The van der Waals surface area contributed by atoms with Crippen molar-refractivity contribution in [3.8, 4) is 11.1 Å². The van der Waals surface area contributed by atoms with Crippen LogP contribution in [0.5, 0.6) is 0 Å². The molecule has 0 heterocycles. The molecule has 0 unspecified atom stereocenters. The molecule has 0 saturated carbocycles. The van der Waals surface area contributed by atoms with Gasteiger partial charge in [-0.2, -0.15) is 13.2 Å². The number of hydrogen-bond donors (Lipinski definition) is 1. The highest BCUT2D eigenvalue weighted by atomic mass is 35.5. The number of benzene rings is 2. The maximum absolute atomic E-state index is 12.6. The summed E-state index contributed by atoms with van der Waals surface area (Å²) >= 11 is 5.82. The molecule has 2 aromatic carbocycles. The second-order valence-electron chi connectivity index (χ2n) is 3.81. The lowest BCUT2D eigenvalue weighted by atomic mass is 10.0. The molecule has 0 aliphatic rings. The quantitative estimate of drug-likeness (QED) is 0.753. The Hall–Kier alpha value is -1.68. The van der Waals surface area contributed by atoms with Gasteiger partial charge in [0.2, 0.25) is 0 Å². The minimum absolute atomic E-state index is 0.388. The lowest BCUT2D eigenvalue weighted by Gasteiger charge is -2.10. The largest absolute Gasteiger partial charge is 0.416 e. The van der Waals surface area contributed by atoms with Crippen molar-refractivity contribution in [2.24, 2.45) is 0 Å². The molecule has 2 aromatic rings. The van der Waals surface area contributed by atoms with E-state index in [2.05, 4.69) is 0 Å². The molecule has 0 fully saturated rings. The van der Waals surface area contributed by atoms with Crippen molar-refractivity contribution in [2.45, 2.75) is 6.18 Å². The topological polar surface area (TPSA) is 26.0 Å². The first kappa shape index (κ1) is 12.8. The van der Waals surface area contributed by atoms with Gasteiger partial charge in [-0.3, -0.25) is 0 Å². The van der Waals surface area contributed by atoms with Gasteiger partial charge >= 0.3 is 6.18 Å². The fraction of sp³-hybridized carbons (Fsp3) is 0.0769. The van der Waals surface area contributed by atoms with E-state index in [1.807, 2.05) is 0 Å². The predicted molar refractivity (Wildman–Crippen MR) is 66.3 cm³/mol. The standard InChI is InChI=1S/C13H9ClF3N/c14-10-4-5-12(18)11(7-10)8-2-1-3-9(6-8)13(15,16)17/h1-7H,18H2. The van der Waals surface area contributed by atoms with Gasteiger partial charge in [-0.05, 0) is 35.9 Å². The van der Waals surface area contributed by atoms with E-state index in [0.29, 0.717) is 21.8 Å². The molecule has 0 spiro atoms. The molecule has 2 rings (SSSR count). The third kappa shape index (κ3) is 2.59. The highest BCUT2D eigenvalue weighted by molar-refractivity contribution is 6.31. The Morgan fingerprint density at radius 3 is 2.39 bits per heavy atom. The highest BCUT2D eigenvalue weighted by Crippen LogP contribution is 2.34. The smallest absolute Gasteiger partial charge is 0.398 e. The maximum Gasteiger partial charge on any atom is 0.416 e. The average molecular weight is 272 g/mol. The molecule has 0 bridgehead atoms. The Kier molecular flexibility index (Phi) is 3.22. The van der Waals surface area contributed by atoms with Gasteiger partial charge in [0.05, 0.1) is 5.56 Å². The predicted octanol–water partition coefficient (Wildman–Crippen LogP) is 4.61. The number of alkyl halides is 3. The summed E-state index contributed by atoms with van der Waals surface area (Å²) in [5, 5.41) is 0.427. The lowest BCUT2D eigenvalue weighted by molar-refractivity contribution is -0.137. The summed E-state index contributed by atoms with van der Waals surface area (Å²) in [6.07, 6.45) is -4.37. The van der Waals surface area contributed by atoms with E-state index in [1.165, 1.54) is 6.07 Å². The first-order valence-electron chi connectivity index (χ1n) is 5.10. The van der Waals surface area contributed by atoms with E-state index < -0.39 is 11.7 Å². The van der Waals surface area contributed by atoms with E-state index in [0.717, 1.165) is 12.1 Å². The van der Waals surface area contributed by atoms with Crippen LogP contribution in [0.4, 0.5) is 18.9 Å². The average Bonchev–Trinajstić information content (AvgIpc) is 2.31. The van der Waals surface area contributed by atoms with E-state index in [4.69, 9.17) is 17.3 Å². The first-order chi connectivity index (χ1) is 8.38. The molecule has 0 amide bonds. The third-order valence-corrected chi connectivity index (χ3v) is 2.75. The highest BCUT2D eigenvalue weighted by Gasteiger charge is 2.30. The van der Waals surface area contributed by atoms with Crippen molar-refractivity contribution in [2.75, 3.05) is 5.73 Å². The number of rotatable bonds is 1. The van der Waals surface area contributed by atoms with Gasteiger partial charge in [-0.15, -0.1) is 0 Å². The van der Waals surface area contributed by atoms with Gasteiger partial charge < -0.3 is 5.73 Å². The molecule has 94 valence electrons. The van der Waals surface area contributed by atoms with Crippen LogP contribution in [0, 0.1) is 0 Å². The molecule has 0 atom stereocenters. The van der Waals surface area contributed by atoms with Gasteiger partial charge in [0.1, 0.15) is 0 Å². The molecule has 0 aliphatic heterocycles. The minimum atomic E-state index is -4.37. The molecular weight excluding hydrogens is 263 g/mol. The Morgan fingerprint density at radius 1 is 1.00 bits per heavy atom. The fourth-order valence-corrected chi connectivity index (χ4v) is 1.81. The normalized spacial score (nSPS) is 11.6. The second-order valence-corrected chi connectivity index (χ2v) is 4.25. The number of anilines is 1. The van der Waals surface area contributed by atoms with Crippen LogP contribution in [-0.4, -0.2) is 0 Å². The maximum atomic E-state index is 12.6. The zero-order valence-electron chi connectivity index (χ0n) is 9.13. The van der Waals surface area contributed by atoms with Crippen LogP contribution in [0.25, 0.3) is 11.1 Å². The SMILES string of the molecule is Nc1ccc(Cl)cc1-c1cccc(C(F)(F)F)c1. The molecule has 18 heavy (non-hydrogen) atoms. The molecule has 1 nitrogen and oxygen atoms in total. The zero-order chi connectivity index (χ0) is 13.3. The minimum Gasteiger partial charge on any atom is -0.398 e. The fourth-order valence-electron chi connectivity index (χ4n) is 1.64. The third-order valence-electron chi connectivity index (χ3n) is 2.52. The molecule has 5 heteroatoms. The van der Waals surface area contributed by atoms with Crippen molar-refractivity contribution in [3.63, 3.8) is 0 Å². The van der Waals surface area contributed by atoms with E-state index >= 15 is 0 Å². The van der Waals surface area contributed by atoms with Gasteiger partial charge in [0.25, 0.3) is 0 Å². The zero-order valence-corrected chi connectivity index (χ0v) is 9.89. The van der Waals surface area contributed by atoms with Crippen LogP contribution in [0.1, 0.15) is 5.56 Å². The van der Waals surface area contributed by atoms with Gasteiger partial charge in [0, 0.05) is 16.3 Å². The van der Waals surface area contributed by atoms with Gasteiger partial charge in [0.15, 0.2) is 0 Å². The molecular formula is C13H9ClF3N. The number of nitrogens with two attached hydrogens (primary N) is 1. The molecule has 0 radical (unpaired) electrons. The lowest BCUT2D eigenvalue weighted by Crippen LogP contribution is -2.04. The number of halogens is 4. The Morgan fingerprint density at radius 2 is 1.72 bits per heavy atom. The van der Waals surface area contributed by atoms with E-state index in [9.17, 15) is 13.2 Å². The van der Waals surface area contributed by atoms with Crippen LogP contribution in [0.3, 0.4) is 0 Å². The summed E-state index contributed by atoms with van der Waals surface area (Å²) in [5.74, 6) is 0. The van der Waals surface area contributed by atoms with Crippen molar-refractivity contribution < 1.29 is 13.2 Å². The summed E-state index contributed by atoms with van der Waals surface area (Å²) in [6, 6.07) is 9.69. The van der Waals surface area contributed by atoms with Crippen LogP contribution < -0.4 is 5.73 Å². The summed E-state index contributed by atoms with van der Waals surface area (Å²) in [7, 11) is 0. The molecule has 0 aromatic heterocycles. The second kappa shape index (κ2) is 4.53. The summed E-state index contributed by atoms with van der Waals surface area (Å²) in [6.45, 7) is 0. The van der Waals surface area contributed by atoms with Crippen LogP contribution in [0.15, 0.2) is 42.5 Å². The van der Waals surface area contributed by atoms with Crippen LogP contribution in [-0.2, 0) is 6.18 Å². The van der Waals surface area contributed by atoms with Crippen LogP contribution in [0.2, 0.25) is 5.02 Å². The van der Waals surface area contributed by atoms with E-state index in [-0.39, 0.29) is 0 Å². The Bertz CT molecular complexity index is 579. The summed E-state index contributed by atoms with van der Waals surface area (Å²) < 4.78 is 37.8. The summed E-state index contributed by atoms with van der Waals surface area (Å²) in [5.41, 5.74) is 6.31. The monoisotopic (exact) mass is 271 g/mol. The Labute approximate surface area is 107 Å². The van der Waals surface area contributed by atoms with Crippen LogP contribution >= 0.6 is 11.6 Å².